The molecule has 1 aliphatic rings. The fourth-order valence-corrected chi connectivity index (χ4v) is 2.33. The first kappa shape index (κ1) is 9.58. The number of furan rings is 1. The Labute approximate surface area is 94.5 Å². The van der Waals surface area contributed by atoms with Gasteiger partial charge in [0, 0.05) is 0 Å². The summed E-state index contributed by atoms with van der Waals surface area (Å²) in [5.74, 6) is 1.39. The molecule has 0 bridgehead atoms. The van der Waals surface area contributed by atoms with Crippen LogP contribution in [0.3, 0.4) is 0 Å². The predicted molar refractivity (Wildman–Crippen MR) is 61.1 cm³/mol. The van der Waals surface area contributed by atoms with Gasteiger partial charge in [-0.25, -0.2) is 0 Å². The van der Waals surface area contributed by atoms with Crippen LogP contribution in [0.25, 0.3) is 11.5 Å². The third kappa shape index (κ3) is 1.52. The lowest BCUT2D eigenvalue weighted by Crippen LogP contribution is -2.10. The van der Waals surface area contributed by atoms with Gasteiger partial charge in [-0.15, -0.1) is 5.10 Å². The fourth-order valence-electron chi connectivity index (χ4n) is 2.33. The van der Waals surface area contributed by atoms with Crippen LogP contribution in [0.5, 0.6) is 0 Å². The first-order valence-electron chi connectivity index (χ1n) is 5.75. The molecular formula is C13H14N2O. The first-order valence-corrected chi connectivity index (χ1v) is 5.75. The van der Waals surface area contributed by atoms with E-state index in [-0.39, 0.29) is 0 Å². The molecule has 0 fully saturated rings. The molecule has 0 saturated carbocycles. The lowest BCUT2D eigenvalue weighted by molar-refractivity contribution is 0.562. The van der Waals surface area contributed by atoms with Gasteiger partial charge in [-0.2, -0.15) is 5.10 Å². The average molecular weight is 214 g/mol. The van der Waals surface area contributed by atoms with Crippen LogP contribution in [0, 0.1) is 0 Å². The highest BCUT2D eigenvalue weighted by Gasteiger charge is 2.19. The summed E-state index contributed by atoms with van der Waals surface area (Å²) in [7, 11) is 0. The van der Waals surface area contributed by atoms with E-state index in [0.717, 1.165) is 23.6 Å². The van der Waals surface area contributed by atoms with Gasteiger partial charge in [-0.3, -0.25) is 0 Å². The number of aryl methyl sites for hydroxylation is 1. The lowest BCUT2D eigenvalue weighted by atomic mass is 9.87. The molecule has 3 rings (SSSR count). The SMILES string of the molecule is CC1CCCc2nnc(-c3ccco3)cc21. The van der Waals surface area contributed by atoms with Crippen molar-refractivity contribution in [2.75, 3.05) is 0 Å². The maximum Gasteiger partial charge on any atom is 0.154 e. The van der Waals surface area contributed by atoms with Crippen molar-refractivity contribution in [3.8, 4) is 11.5 Å². The molecule has 16 heavy (non-hydrogen) atoms. The molecule has 1 atom stereocenters. The Kier molecular flexibility index (Phi) is 2.24. The average Bonchev–Trinajstić information content (AvgIpc) is 2.83. The number of aromatic nitrogens is 2. The van der Waals surface area contributed by atoms with E-state index in [1.54, 1.807) is 6.26 Å². The van der Waals surface area contributed by atoms with Crippen LogP contribution < -0.4 is 0 Å². The predicted octanol–water partition coefficient (Wildman–Crippen LogP) is 3.18. The summed E-state index contributed by atoms with van der Waals surface area (Å²) in [6.45, 7) is 2.26. The molecule has 0 spiro atoms. The summed E-state index contributed by atoms with van der Waals surface area (Å²) in [4.78, 5) is 0. The van der Waals surface area contributed by atoms with Crippen LogP contribution in [0.1, 0.15) is 36.9 Å². The highest BCUT2D eigenvalue weighted by Crippen LogP contribution is 2.31. The Hall–Kier alpha value is -1.64. The number of nitrogens with zero attached hydrogens (tertiary/aromatic N) is 2. The molecule has 2 aromatic rings. The lowest BCUT2D eigenvalue weighted by Gasteiger charge is -2.20. The minimum atomic E-state index is 0.591. The number of hydrogen-bond donors (Lipinski definition) is 0. The van der Waals surface area contributed by atoms with Gasteiger partial charge in [-0.1, -0.05) is 6.92 Å². The van der Waals surface area contributed by atoms with Gasteiger partial charge < -0.3 is 4.42 Å². The second-order valence-corrected chi connectivity index (χ2v) is 4.40. The van der Waals surface area contributed by atoms with E-state index in [2.05, 4.69) is 23.2 Å². The van der Waals surface area contributed by atoms with E-state index in [4.69, 9.17) is 4.42 Å². The monoisotopic (exact) mass is 214 g/mol. The summed E-state index contributed by atoms with van der Waals surface area (Å²) >= 11 is 0. The molecule has 0 N–H and O–H groups in total. The van der Waals surface area contributed by atoms with Crippen molar-refractivity contribution in [3.63, 3.8) is 0 Å². The number of fused-ring (bicyclic) bond motifs is 1. The van der Waals surface area contributed by atoms with Crippen molar-refractivity contribution in [2.24, 2.45) is 0 Å². The van der Waals surface area contributed by atoms with Crippen molar-refractivity contribution in [3.05, 3.63) is 35.7 Å². The Morgan fingerprint density at radius 1 is 1.38 bits per heavy atom. The van der Waals surface area contributed by atoms with E-state index in [1.807, 2.05) is 12.1 Å². The molecule has 1 unspecified atom stereocenters. The Balaban J connectivity index is 2.07. The summed E-state index contributed by atoms with van der Waals surface area (Å²) in [6, 6.07) is 5.93. The molecule has 0 saturated heterocycles. The van der Waals surface area contributed by atoms with Gasteiger partial charge in [0.2, 0.25) is 0 Å². The Morgan fingerprint density at radius 2 is 2.31 bits per heavy atom. The third-order valence-electron chi connectivity index (χ3n) is 3.26. The molecule has 2 aromatic heterocycles. The van der Waals surface area contributed by atoms with E-state index in [9.17, 15) is 0 Å². The smallest absolute Gasteiger partial charge is 0.154 e. The first-order chi connectivity index (χ1) is 7.84. The van der Waals surface area contributed by atoms with Crippen molar-refractivity contribution < 1.29 is 4.42 Å². The molecule has 2 heterocycles. The maximum absolute atomic E-state index is 5.34. The Morgan fingerprint density at radius 3 is 3.12 bits per heavy atom. The zero-order valence-electron chi connectivity index (χ0n) is 9.31. The van der Waals surface area contributed by atoms with Gasteiger partial charge in [0.25, 0.3) is 0 Å². The van der Waals surface area contributed by atoms with Crippen LogP contribution >= 0.6 is 0 Å². The minimum absolute atomic E-state index is 0.591. The minimum Gasteiger partial charge on any atom is -0.463 e. The molecule has 0 radical (unpaired) electrons. The zero-order chi connectivity index (χ0) is 11.0. The van der Waals surface area contributed by atoms with E-state index >= 15 is 0 Å². The van der Waals surface area contributed by atoms with Gasteiger partial charge in [0.05, 0.1) is 12.0 Å². The molecule has 3 nitrogen and oxygen atoms in total. The van der Waals surface area contributed by atoms with Crippen molar-refractivity contribution in [2.45, 2.75) is 32.1 Å². The summed E-state index contributed by atoms with van der Waals surface area (Å²) < 4.78 is 5.34. The molecule has 0 aromatic carbocycles. The molecule has 3 heteroatoms. The van der Waals surface area contributed by atoms with Crippen molar-refractivity contribution in [1.82, 2.24) is 10.2 Å². The largest absolute Gasteiger partial charge is 0.463 e. The van der Waals surface area contributed by atoms with Gasteiger partial charge in [0.15, 0.2) is 5.76 Å². The van der Waals surface area contributed by atoms with E-state index < -0.39 is 0 Å². The molecule has 0 amide bonds. The van der Waals surface area contributed by atoms with Gasteiger partial charge in [-0.05, 0) is 48.9 Å². The summed E-state index contributed by atoms with van der Waals surface area (Å²) in [5.41, 5.74) is 3.35. The number of hydrogen-bond acceptors (Lipinski definition) is 3. The second-order valence-electron chi connectivity index (χ2n) is 4.40. The van der Waals surface area contributed by atoms with Crippen molar-refractivity contribution in [1.29, 1.82) is 0 Å². The van der Waals surface area contributed by atoms with Crippen LogP contribution in [-0.2, 0) is 6.42 Å². The number of rotatable bonds is 1. The topological polar surface area (TPSA) is 38.9 Å². The van der Waals surface area contributed by atoms with Gasteiger partial charge >= 0.3 is 0 Å². The standard InChI is InChI=1S/C13H14N2O/c1-9-4-2-5-11-10(9)8-12(15-14-11)13-6-3-7-16-13/h3,6-9H,2,4-5H2,1H3. The normalized spacial score (nSPS) is 19.4. The summed E-state index contributed by atoms with van der Waals surface area (Å²) in [5, 5.41) is 8.54. The van der Waals surface area contributed by atoms with E-state index in [1.165, 1.54) is 18.4 Å². The van der Waals surface area contributed by atoms with Gasteiger partial charge in [0.1, 0.15) is 5.69 Å². The van der Waals surface area contributed by atoms with Crippen LogP contribution in [0.15, 0.2) is 28.9 Å². The third-order valence-corrected chi connectivity index (χ3v) is 3.26. The Bertz CT molecular complexity index is 491. The zero-order valence-corrected chi connectivity index (χ0v) is 9.31. The molecule has 1 aliphatic carbocycles. The fraction of sp³-hybridized carbons (Fsp3) is 0.385. The highest BCUT2D eigenvalue weighted by atomic mass is 16.3. The quantitative estimate of drug-likeness (QED) is 0.731. The van der Waals surface area contributed by atoms with Crippen molar-refractivity contribution >= 4 is 0 Å². The second kappa shape index (κ2) is 3.74. The van der Waals surface area contributed by atoms with Crippen LogP contribution in [0.2, 0.25) is 0 Å². The molecule has 0 aliphatic heterocycles. The molecular weight excluding hydrogens is 200 g/mol. The summed E-state index contributed by atoms with van der Waals surface area (Å²) in [6.07, 6.45) is 5.20. The van der Waals surface area contributed by atoms with Crippen LogP contribution in [-0.4, -0.2) is 10.2 Å². The maximum atomic E-state index is 5.34. The molecule has 82 valence electrons. The van der Waals surface area contributed by atoms with E-state index in [0.29, 0.717) is 5.92 Å². The van der Waals surface area contributed by atoms with Crippen LogP contribution in [0.4, 0.5) is 0 Å². The highest BCUT2D eigenvalue weighted by molar-refractivity contribution is 5.53.